The molecule has 1 amide bonds. The fourth-order valence-corrected chi connectivity index (χ4v) is 3.25. The first kappa shape index (κ1) is 18.3. The Morgan fingerprint density at radius 3 is 2.79 bits per heavy atom. The largest absolute Gasteiger partial charge is 0.481 e. The Kier molecular flexibility index (Phi) is 6.64. The summed E-state index contributed by atoms with van der Waals surface area (Å²) < 4.78 is 0. The molecule has 2 rings (SSSR count). The first-order chi connectivity index (χ1) is 11.5. The molecule has 5 nitrogen and oxygen atoms in total. The number of anilines is 1. The molecule has 1 atom stereocenters. The molecule has 1 aliphatic rings. The topological polar surface area (TPSA) is 60.9 Å². The predicted molar refractivity (Wildman–Crippen MR) is 95.3 cm³/mol. The zero-order valence-corrected chi connectivity index (χ0v) is 14.7. The van der Waals surface area contributed by atoms with Gasteiger partial charge in [-0.3, -0.25) is 9.59 Å². The summed E-state index contributed by atoms with van der Waals surface area (Å²) in [4.78, 5) is 27.2. The minimum absolute atomic E-state index is 0.185. The number of hydrogen-bond acceptors (Lipinski definition) is 3. The number of carboxylic acids is 1. The van der Waals surface area contributed by atoms with Gasteiger partial charge in [0.1, 0.15) is 0 Å². The molecule has 1 fully saturated rings. The summed E-state index contributed by atoms with van der Waals surface area (Å²) in [5, 5.41) is 8.81. The van der Waals surface area contributed by atoms with Gasteiger partial charge in [0, 0.05) is 45.7 Å². The van der Waals surface area contributed by atoms with E-state index in [0.29, 0.717) is 25.3 Å². The van der Waals surface area contributed by atoms with Crippen LogP contribution in [-0.2, 0) is 16.0 Å². The third-order valence-electron chi connectivity index (χ3n) is 4.69. The van der Waals surface area contributed by atoms with Gasteiger partial charge in [-0.2, -0.15) is 0 Å². The first-order valence-corrected chi connectivity index (χ1v) is 8.71. The molecule has 1 aromatic carbocycles. The van der Waals surface area contributed by atoms with Gasteiger partial charge in [0.05, 0.1) is 0 Å². The van der Waals surface area contributed by atoms with Crippen molar-refractivity contribution in [2.45, 2.75) is 38.5 Å². The fraction of sp³-hybridized carbons (Fsp3) is 0.579. The van der Waals surface area contributed by atoms with E-state index < -0.39 is 5.97 Å². The number of nitrogens with zero attached hydrogens (tertiary/aromatic N) is 2. The molecule has 1 N–H and O–H groups in total. The normalized spacial score (nSPS) is 17.6. The van der Waals surface area contributed by atoms with Crippen LogP contribution in [0.1, 0.15) is 37.7 Å². The Hall–Kier alpha value is -2.04. The molecule has 0 aromatic heterocycles. The third-order valence-corrected chi connectivity index (χ3v) is 4.69. The number of hydrogen-bond donors (Lipinski definition) is 1. The van der Waals surface area contributed by atoms with Crippen molar-refractivity contribution in [2.75, 3.05) is 32.1 Å². The average Bonchev–Trinajstić information content (AvgIpc) is 2.58. The smallest absolute Gasteiger partial charge is 0.303 e. The third kappa shape index (κ3) is 5.55. The number of carbonyl (C=O) groups excluding carboxylic acids is 1. The molecule has 0 saturated carbocycles. The Balaban J connectivity index is 1.83. The van der Waals surface area contributed by atoms with E-state index in [-0.39, 0.29) is 12.3 Å². The molecule has 0 spiro atoms. The number of benzene rings is 1. The summed E-state index contributed by atoms with van der Waals surface area (Å²) in [5.74, 6) is -0.236. The molecule has 0 bridgehead atoms. The van der Waals surface area contributed by atoms with Gasteiger partial charge >= 0.3 is 5.97 Å². The van der Waals surface area contributed by atoms with Crippen molar-refractivity contribution in [3.63, 3.8) is 0 Å². The number of carboxylic acid groups (broad SMARTS) is 1. The van der Waals surface area contributed by atoms with Crippen LogP contribution in [0.2, 0.25) is 0 Å². The van der Waals surface area contributed by atoms with Crippen molar-refractivity contribution < 1.29 is 14.7 Å². The molecule has 1 saturated heterocycles. The molecular weight excluding hydrogens is 304 g/mol. The summed E-state index contributed by atoms with van der Waals surface area (Å²) in [5.41, 5.74) is 2.32. The van der Waals surface area contributed by atoms with Gasteiger partial charge in [0.15, 0.2) is 0 Å². The van der Waals surface area contributed by atoms with E-state index in [1.807, 2.05) is 25.1 Å². The fourth-order valence-electron chi connectivity index (χ4n) is 3.25. The van der Waals surface area contributed by atoms with Crippen molar-refractivity contribution in [3.05, 3.63) is 29.8 Å². The molecule has 132 valence electrons. The summed E-state index contributed by atoms with van der Waals surface area (Å²) in [6.45, 7) is 1.52. The molecule has 1 aromatic rings. The average molecular weight is 332 g/mol. The highest BCUT2D eigenvalue weighted by atomic mass is 16.4. The minimum Gasteiger partial charge on any atom is -0.481 e. The highest BCUT2D eigenvalue weighted by molar-refractivity contribution is 5.76. The molecule has 0 radical (unpaired) electrons. The standard InChI is InChI=1S/C19H28N2O3/c1-20(2)17-7-3-5-15(13-17)8-10-18(22)21-12-4-6-16(14-21)9-11-19(23)24/h3,5,7,13,16H,4,6,8-12,14H2,1-2H3,(H,23,24). The van der Waals surface area contributed by atoms with E-state index in [9.17, 15) is 9.59 Å². The number of rotatable bonds is 7. The van der Waals surface area contributed by atoms with Crippen LogP contribution in [-0.4, -0.2) is 49.1 Å². The molecule has 0 aliphatic carbocycles. The second kappa shape index (κ2) is 8.71. The number of aryl methyl sites for hydroxylation is 1. The molecular formula is C19H28N2O3. The van der Waals surface area contributed by atoms with Crippen molar-refractivity contribution in [3.8, 4) is 0 Å². The lowest BCUT2D eigenvalue weighted by atomic mass is 9.93. The van der Waals surface area contributed by atoms with E-state index in [2.05, 4.69) is 23.1 Å². The van der Waals surface area contributed by atoms with Crippen molar-refractivity contribution >= 4 is 17.6 Å². The highest BCUT2D eigenvalue weighted by Gasteiger charge is 2.23. The first-order valence-electron chi connectivity index (χ1n) is 8.71. The Bertz CT molecular complexity index is 571. The lowest BCUT2D eigenvalue weighted by molar-refractivity contribution is -0.137. The van der Waals surface area contributed by atoms with Gasteiger partial charge in [0.2, 0.25) is 5.91 Å². The van der Waals surface area contributed by atoms with E-state index in [0.717, 1.165) is 31.5 Å². The van der Waals surface area contributed by atoms with Crippen LogP contribution in [0, 0.1) is 5.92 Å². The maximum absolute atomic E-state index is 12.5. The van der Waals surface area contributed by atoms with E-state index in [1.165, 1.54) is 5.56 Å². The zero-order valence-electron chi connectivity index (χ0n) is 14.7. The summed E-state index contributed by atoms with van der Waals surface area (Å²) >= 11 is 0. The lowest BCUT2D eigenvalue weighted by Gasteiger charge is -2.32. The van der Waals surface area contributed by atoms with Gasteiger partial charge < -0.3 is 14.9 Å². The maximum Gasteiger partial charge on any atom is 0.303 e. The summed E-state index contributed by atoms with van der Waals surface area (Å²) in [6.07, 6.45) is 4.14. The van der Waals surface area contributed by atoms with Crippen LogP contribution < -0.4 is 4.90 Å². The zero-order chi connectivity index (χ0) is 17.5. The van der Waals surface area contributed by atoms with Crippen molar-refractivity contribution in [1.29, 1.82) is 0 Å². The number of aliphatic carboxylic acids is 1. The van der Waals surface area contributed by atoms with Crippen LogP contribution in [0.3, 0.4) is 0 Å². The Morgan fingerprint density at radius 2 is 2.08 bits per heavy atom. The van der Waals surface area contributed by atoms with Crippen LogP contribution in [0.5, 0.6) is 0 Å². The van der Waals surface area contributed by atoms with Crippen LogP contribution in [0.15, 0.2) is 24.3 Å². The molecule has 1 aliphatic heterocycles. The summed E-state index contributed by atoms with van der Waals surface area (Å²) in [6, 6.07) is 8.27. The van der Waals surface area contributed by atoms with E-state index >= 15 is 0 Å². The van der Waals surface area contributed by atoms with Gasteiger partial charge in [-0.15, -0.1) is 0 Å². The molecule has 1 heterocycles. The second-order valence-electron chi connectivity index (χ2n) is 6.84. The van der Waals surface area contributed by atoms with E-state index in [1.54, 1.807) is 0 Å². The van der Waals surface area contributed by atoms with Gasteiger partial charge in [-0.05, 0) is 49.3 Å². The second-order valence-corrected chi connectivity index (χ2v) is 6.84. The van der Waals surface area contributed by atoms with Gasteiger partial charge in [-0.25, -0.2) is 0 Å². The van der Waals surface area contributed by atoms with Crippen LogP contribution >= 0.6 is 0 Å². The monoisotopic (exact) mass is 332 g/mol. The number of piperidine rings is 1. The Labute approximate surface area is 144 Å². The molecule has 24 heavy (non-hydrogen) atoms. The van der Waals surface area contributed by atoms with Crippen LogP contribution in [0.4, 0.5) is 5.69 Å². The quantitative estimate of drug-likeness (QED) is 0.834. The van der Waals surface area contributed by atoms with Gasteiger partial charge in [0.25, 0.3) is 0 Å². The van der Waals surface area contributed by atoms with Crippen molar-refractivity contribution in [2.24, 2.45) is 5.92 Å². The van der Waals surface area contributed by atoms with Crippen LogP contribution in [0.25, 0.3) is 0 Å². The SMILES string of the molecule is CN(C)c1cccc(CCC(=O)N2CCCC(CCC(=O)O)C2)c1. The predicted octanol–water partition coefficient (Wildman–Crippen LogP) is 2.79. The number of carbonyl (C=O) groups is 2. The number of amides is 1. The highest BCUT2D eigenvalue weighted by Crippen LogP contribution is 2.22. The molecule has 5 heteroatoms. The summed E-state index contributed by atoms with van der Waals surface area (Å²) in [7, 11) is 4.02. The van der Waals surface area contributed by atoms with E-state index in [4.69, 9.17) is 5.11 Å². The number of likely N-dealkylation sites (tertiary alicyclic amines) is 1. The lowest BCUT2D eigenvalue weighted by Crippen LogP contribution is -2.40. The minimum atomic E-state index is -0.751. The van der Waals surface area contributed by atoms with Gasteiger partial charge in [-0.1, -0.05) is 12.1 Å². The maximum atomic E-state index is 12.5. The molecule has 1 unspecified atom stereocenters. The van der Waals surface area contributed by atoms with Crippen molar-refractivity contribution in [1.82, 2.24) is 4.90 Å². The Morgan fingerprint density at radius 1 is 1.29 bits per heavy atom.